The molecule has 0 aliphatic heterocycles. The van der Waals surface area contributed by atoms with Crippen LogP contribution >= 0.6 is 0 Å². The van der Waals surface area contributed by atoms with E-state index < -0.39 is 0 Å². The number of rotatable bonds is 9. The number of hydrogen-bond donors (Lipinski definition) is 1. The monoisotopic (exact) mass is 302 g/mol. The van der Waals surface area contributed by atoms with E-state index in [4.69, 9.17) is 4.74 Å². The van der Waals surface area contributed by atoms with Gasteiger partial charge in [0.1, 0.15) is 0 Å². The third-order valence-corrected chi connectivity index (χ3v) is 2.69. The van der Waals surface area contributed by atoms with Gasteiger partial charge >= 0.3 is 5.97 Å². The molecule has 1 N–H and O–H groups in total. The number of unbranched alkanes of at least 4 members (excludes halogenated alkanes) is 1. The van der Waals surface area contributed by atoms with Gasteiger partial charge < -0.3 is 9.84 Å². The van der Waals surface area contributed by atoms with Gasteiger partial charge in [0.05, 0.1) is 12.7 Å². The first-order valence-corrected chi connectivity index (χ1v) is 7.78. The zero-order chi connectivity index (χ0) is 16.5. The normalized spacial score (nSPS) is 11.6. The number of hydrogen-bond acceptors (Lipinski definition) is 3. The lowest BCUT2D eigenvalue weighted by atomic mass is 10.1. The van der Waals surface area contributed by atoms with Crippen LogP contribution < -0.4 is 0 Å². The first-order valence-electron chi connectivity index (χ1n) is 7.78. The summed E-state index contributed by atoms with van der Waals surface area (Å²) in [6.45, 7) is 3.88. The van der Waals surface area contributed by atoms with Gasteiger partial charge in [-0.25, -0.2) is 0 Å². The van der Waals surface area contributed by atoms with Crippen LogP contribution in [0.25, 0.3) is 0 Å². The fraction of sp³-hybridized carbons (Fsp3) is 0.526. The second-order valence-electron chi connectivity index (χ2n) is 4.82. The predicted octanol–water partition coefficient (Wildman–Crippen LogP) is 3.39. The Morgan fingerprint density at radius 1 is 1.27 bits per heavy atom. The highest BCUT2D eigenvalue weighted by Gasteiger charge is 1.98. The average Bonchev–Trinajstić information content (AvgIpc) is 2.47. The quantitative estimate of drug-likeness (QED) is 0.307. The molecule has 0 heterocycles. The Morgan fingerprint density at radius 3 is 2.82 bits per heavy atom. The molecule has 0 aliphatic carbocycles. The van der Waals surface area contributed by atoms with Crippen LogP contribution in [0.1, 0.15) is 52.4 Å². The summed E-state index contributed by atoms with van der Waals surface area (Å²) in [5, 5.41) is 9.54. The van der Waals surface area contributed by atoms with Crippen molar-refractivity contribution in [2.75, 3.05) is 6.61 Å². The van der Waals surface area contributed by atoms with Gasteiger partial charge in [-0.3, -0.25) is 4.79 Å². The molecule has 0 fully saturated rings. The van der Waals surface area contributed by atoms with Crippen LogP contribution in [0.5, 0.6) is 0 Å². The largest absolute Gasteiger partial charge is 0.466 e. The van der Waals surface area contributed by atoms with Crippen molar-refractivity contribution in [1.82, 2.24) is 0 Å². The lowest BCUT2D eigenvalue weighted by Crippen LogP contribution is -2.04. The maximum absolute atomic E-state index is 10.5. The summed E-state index contributed by atoms with van der Waals surface area (Å²) in [6, 6.07) is 0. The van der Waals surface area contributed by atoms with E-state index in [0.717, 1.165) is 32.1 Å². The Bertz CT molecular complexity index is 466. The summed E-state index contributed by atoms with van der Waals surface area (Å²) < 4.78 is 4.78. The van der Waals surface area contributed by atoms with Crippen molar-refractivity contribution in [1.29, 1.82) is 0 Å². The van der Waals surface area contributed by atoms with Crippen LogP contribution in [0.3, 0.4) is 0 Å². The fourth-order valence-corrected chi connectivity index (χ4v) is 1.61. The van der Waals surface area contributed by atoms with Gasteiger partial charge in [-0.15, -0.1) is 0 Å². The SMILES string of the molecule is CCC[C@H](O)CC/C=C/C=C/C#CC#CCCCOC(C)=O. The number of aliphatic hydroxyl groups is 1. The van der Waals surface area contributed by atoms with Crippen LogP contribution in [-0.2, 0) is 9.53 Å². The van der Waals surface area contributed by atoms with Crippen LogP contribution in [0.4, 0.5) is 0 Å². The second kappa shape index (κ2) is 15.4. The number of ether oxygens (including phenoxy) is 1. The van der Waals surface area contributed by atoms with Crippen LogP contribution in [0.2, 0.25) is 0 Å². The van der Waals surface area contributed by atoms with E-state index >= 15 is 0 Å². The van der Waals surface area contributed by atoms with Crippen molar-refractivity contribution >= 4 is 5.97 Å². The Labute approximate surface area is 134 Å². The molecule has 3 heteroatoms. The minimum Gasteiger partial charge on any atom is -0.466 e. The second-order valence-corrected chi connectivity index (χ2v) is 4.82. The Balaban J connectivity index is 3.67. The number of esters is 1. The Morgan fingerprint density at radius 2 is 2.09 bits per heavy atom. The summed E-state index contributed by atoms with van der Waals surface area (Å²) >= 11 is 0. The summed E-state index contributed by atoms with van der Waals surface area (Å²) in [7, 11) is 0. The van der Waals surface area contributed by atoms with E-state index in [1.807, 2.05) is 18.2 Å². The van der Waals surface area contributed by atoms with E-state index in [2.05, 4.69) is 30.6 Å². The molecule has 120 valence electrons. The van der Waals surface area contributed by atoms with Crippen LogP contribution in [0, 0.1) is 23.7 Å². The smallest absolute Gasteiger partial charge is 0.302 e. The van der Waals surface area contributed by atoms with Crippen molar-refractivity contribution in [2.24, 2.45) is 0 Å². The van der Waals surface area contributed by atoms with E-state index in [9.17, 15) is 9.90 Å². The molecule has 0 rings (SSSR count). The highest BCUT2D eigenvalue weighted by atomic mass is 16.5. The van der Waals surface area contributed by atoms with Gasteiger partial charge in [-0.1, -0.05) is 43.4 Å². The molecule has 0 saturated heterocycles. The molecule has 0 unspecified atom stereocenters. The molecule has 0 bridgehead atoms. The molecule has 0 aromatic heterocycles. The molecule has 0 aromatic carbocycles. The van der Waals surface area contributed by atoms with Gasteiger partial charge in [0.2, 0.25) is 0 Å². The van der Waals surface area contributed by atoms with Gasteiger partial charge in [0.25, 0.3) is 0 Å². The first kappa shape index (κ1) is 20.0. The van der Waals surface area contributed by atoms with Crippen molar-refractivity contribution in [3.8, 4) is 23.7 Å². The minimum absolute atomic E-state index is 0.186. The molecule has 0 aliphatic rings. The maximum Gasteiger partial charge on any atom is 0.302 e. The van der Waals surface area contributed by atoms with Crippen molar-refractivity contribution in [2.45, 2.75) is 58.5 Å². The van der Waals surface area contributed by atoms with Crippen molar-refractivity contribution in [3.63, 3.8) is 0 Å². The van der Waals surface area contributed by atoms with Gasteiger partial charge in [0, 0.05) is 13.3 Å². The first-order chi connectivity index (χ1) is 10.7. The summed E-state index contributed by atoms with van der Waals surface area (Å²) in [4.78, 5) is 10.5. The lowest BCUT2D eigenvalue weighted by Gasteiger charge is -2.05. The van der Waals surface area contributed by atoms with Gasteiger partial charge in [0.15, 0.2) is 0 Å². The highest BCUT2D eigenvalue weighted by Crippen LogP contribution is 2.04. The van der Waals surface area contributed by atoms with E-state index in [-0.39, 0.29) is 12.1 Å². The number of carbonyl (C=O) groups excluding carboxylic acids is 1. The summed E-state index contributed by atoms with van der Waals surface area (Å²) in [6.07, 6.45) is 12.4. The zero-order valence-electron chi connectivity index (χ0n) is 13.6. The molecule has 0 radical (unpaired) electrons. The molecular formula is C19H26O3. The number of aliphatic hydroxyl groups excluding tert-OH is 1. The Kier molecular flexibility index (Phi) is 14.0. The average molecular weight is 302 g/mol. The molecule has 0 aromatic rings. The molecule has 0 saturated carbocycles. The van der Waals surface area contributed by atoms with Crippen molar-refractivity contribution in [3.05, 3.63) is 24.3 Å². The fourth-order valence-electron chi connectivity index (χ4n) is 1.61. The van der Waals surface area contributed by atoms with Gasteiger partial charge in [-0.2, -0.15) is 0 Å². The molecule has 0 amide bonds. The summed E-state index contributed by atoms with van der Waals surface area (Å²) in [5.74, 6) is 10.9. The van der Waals surface area contributed by atoms with Crippen molar-refractivity contribution < 1.29 is 14.6 Å². The standard InChI is InChI=1S/C19H26O3/c1-3-15-19(21)16-13-11-9-7-5-4-6-8-10-12-14-17-22-18(2)20/h5,7,9,11,19,21H,3,12-17H2,1-2H3/b7-5+,11-9+/t19-/m0/s1. The number of allylic oxidation sites excluding steroid dienone is 4. The lowest BCUT2D eigenvalue weighted by molar-refractivity contribution is -0.141. The third-order valence-electron chi connectivity index (χ3n) is 2.69. The minimum atomic E-state index is -0.259. The third kappa shape index (κ3) is 16.1. The highest BCUT2D eigenvalue weighted by molar-refractivity contribution is 5.65. The van der Waals surface area contributed by atoms with E-state index in [1.54, 1.807) is 6.08 Å². The van der Waals surface area contributed by atoms with Crippen LogP contribution in [0.15, 0.2) is 24.3 Å². The van der Waals surface area contributed by atoms with Gasteiger partial charge in [-0.05, 0) is 43.6 Å². The Hall–Kier alpha value is -1.97. The topological polar surface area (TPSA) is 46.5 Å². The maximum atomic E-state index is 10.5. The molecule has 0 spiro atoms. The number of carbonyl (C=O) groups is 1. The molecule has 22 heavy (non-hydrogen) atoms. The summed E-state index contributed by atoms with van der Waals surface area (Å²) in [5.41, 5.74) is 0. The zero-order valence-corrected chi connectivity index (χ0v) is 13.6. The van der Waals surface area contributed by atoms with Crippen LogP contribution in [-0.4, -0.2) is 23.8 Å². The van der Waals surface area contributed by atoms with E-state index in [0.29, 0.717) is 13.0 Å². The predicted molar refractivity (Wildman–Crippen MR) is 89.8 cm³/mol. The van der Waals surface area contributed by atoms with E-state index in [1.165, 1.54) is 6.92 Å². The molecule has 1 atom stereocenters. The molecule has 3 nitrogen and oxygen atoms in total. The molecular weight excluding hydrogens is 276 g/mol.